The maximum absolute atomic E-state index is 6.01. The molecule has 1 spiro atoms. The molecule has 12 rings (SSSR count). The van der Waals surface area contributed by atoms with E-state index in [0.717, 1.165) is 49.8 Å². The minimum Gasteiger partial charge on any atom is -0.416 e. The summed E-state index contributed by atoms with van der Waals surface area (Å²) in [4.78, 5) is 5.36. The van der Waals surface area contributed by atoms with Gasteiger partial charge in [-0.05, 0) is 103 Å². The summed E-state index contributed by atoms with van der Waals surface area (Å²) in [6.07, 6.45) is 0. The first kappa shape index (κ1) is 31.0. The van der Waals surface area contributed by atoms with Gasteiger partial charge in [0.1, 0.15) is 0 Å². The predicted molar refractivity (Wildman–Crippen MR) is 225 cm³/mol. The summed E-state index contributed by atoms with van der Waals surface area (Å²) in [5.74, 6) is 1.01. The van der Waals surface area contributed by atoms with Crippen molar-refractivity contribution in [3.8, 4) is 67.5 Å². The molecule has 0 aliphatic heterocycles. The molecular weight excluding hydrogens is 683 g/mol. The van der Waals surface area contributed by atoms with E-state index in [1.165, 1.54) is 49.9 Å². The van der Waals surface area contributed by atoms with Crippen LogP contribution in [-0.2, 0) is 5.41 Å². The molecule has 56 heavy (non-hydrogen) atoms. The fourth-order valence-electron chi connectivity index (χ4n) is 9.42. The van der Waals surface area contributed by atoms with E-state index in [4.69, 9.17) is 9.40 Å². The number of rotatable bonds is 4. The molecule has 0 unspecified atom stereocenters. The third kappa shape index (κ3) is 4.32. The van der Waals surface area contributed by atoms with E-state index >= 15 is 0 Å². The number of pyridine rings is 1. The highest BCUT2D eigenvalue weighted by Gasteiger charge is 2.51. The topological polar surface area (TPSA) is 51.8 Å². The number of nitrogens with zero attached hydrogens (tertiary/aromatic N) is 3. The molecule has 260 valence electrons. The molecule has 4 nitrogen and oxygen atoms in total. The second kappa shape index (κ2) is 11.8. The maximum atomic E-state index is 6.01. The fourth-order valence-corrected chi connectivity index (χ4v) is 9.42. The minimum absolute atomic E-state index is 0.400. The highest BCUT2D eigenvalue weighted by Crippen LogP contribution is 2.63. The van der Waals surface area contributed by atoms with Crippen LogP contribution in [0.25, 0.3) is 89.2 Å². The molecule has 0 amide bonds. The number of hydrogen-bond acceptors (Lipinski definition) is 4. The lowest BCUT2D eigenvalue weighted by molar-refractivity contribution is 0.584. The zero-order valence-corrected chi connectivity index (χ0v) is 30.1. The van der Waals surface area contributed by atoms with Gasteiger partial charge in [-0.1, -0.05) is 146 Å². The van der Waals surface area contributed by atoms with Gasteiger partial charge in [-0.15, -0.1) is 10.2 Å². The Labute approximate surface area is 323 Å². The highest BCUT2D eigenvalue weighted by molar-refractivity contribution is 6.14. The molecule has 0 saturated carbocycles. The summed E-state index contributed by atoms with van der Waals surface area (Å²) >= 11 is 0. The Bertz CT molecular complexity index is 3130. The van der Waals surface area contributed by atoms with Gasteiger partial charge in [0.05, 0.1) is 16.6 Å². The van der Waals surface area contributed by atoms with Gasteiger partial charge in [-0.25, -0.2) is 4.98 Å². The van der Waals surface area contributed by atoms with Gasteiger partial charge in [0.2, 0.25) is 11.8 Å². The molecule has 0 N–H and O–H groups in total. The first-order valence-electron chi connectivity index (χ1n) is 19.0. The van der Waals surface area contributed by atoms with Gasteiger partial charge in [-0.3, -0.25) is 0 Å². The number of fused-ring (bicyclic) bond motifs is 13. The predicted octanol–water partition coefficient (Wildman–Crippen LogP) is 12.8. The summed E-state index contributed by atoms with van der Waals surface area (Å²) in [5, 5.41) is 12.1. The van der Waals surface area contributed by atoms with Crippen LogP contribution < -0.4 is 0 Å². The van der Waals surface area contributed by atoms with Gasteiger partial charge in [0, 0.05) is 27.5 Å². The van der Waals surface area contributed by atoms with Crippen molar-refractivity contribution in [3.63, 3.8) is 0 Å². The molecular formula is C52H31N3O. The van der Waals surface area contributed by atoms with Crippen LogP contribution in [0.15, 0.2) is 192 Å². The summed E-state index contributed by atoms with van der Waals surface area (Å²) in [6.45, 7) is 0. The standard InChI is InChI=1S/C52H31N3O/c1-2-12-35(13-3-1)50-54-55-51(56-50)36-28-24-33(25-29-36)32-22-26-34(27-23-32)49-43-30-42-39-16-6-10-20-46(39)52(47(42)31-41(43)40-17-7-11-21-48(40)53-49)44-18-8-4-14-37(44)38-15-5-9-19-45(38)52/h1-31H. The maximum Gasteiger partial charge on any atom is 0.248 e. The first-order chi connectivity index (χ1) is 27.8. The SMILES string of the molecule is c1ccc(-c2nnc(-c3ccc(-c4ccc(-c5nc6ccccc6c6cc7c(cc56)-c5ccccc5C75c6ccccc6-c6ccccc65)cc4)cc3)o2)cc1. The molecule has 0 radical (unpaired) electrons. The number of aromatic nitrogens is 3. The first-order valence-corrected chi connectivity index (χ1v) is 19.0. The minimum atomic E-state index is -0.400. The van der Waals surface area contributed by atoms with Crippen LogP contribution in [0.5, 0.6) is 0 Å². The van der Waals surface area contributed by atoms with E-state index in [1.807, 2.05) is 42.5 Å². The van der Waals surface area contributed by atoms with Crippen LogP contribution in [0.1, 0.15) is 22.3 Å². The zero-order chi connectivity index (χ0) is 36.8. The molecule has 0 saturated heterocycles. The average molecular weight is 714 g/mol. The smallest absolute Gasteiger partial charge is 0.248 e. The Morgan fingerprint density at radius 3 is 1.45 bits per heavy atom. The molecule has 0 atom stereocenters. The lowest BCUT2D eigenvalue weighted by Crippen LogP contribution is -2.25. The third-order valence-corrected chi connectivity index (χ3v) is 11.9. The fraction of sp³-hybridized carbons (Fsp3) is 0.0192. The van der Waals surface area contributed by atoms with E-state index < -0.39 is 5.41 Å². The third-order valence-electron chi connectivity index (χ3n) is 11.9. The van der Waals surface area contributed by atoms with Gasteiger partial charge in [-0.2, -0.15) is 0 Å². The Kier molecular flexibility index (Phi) is 6.52. The van der Waals surface area contributed by atoms with Crippen molar-refractivity contribution >= 4 is 21.7 Å². The quantitative estimate of drug-likeness (QED) is 0.170. The molecule has 2 aliphatic rings. The van der Waals surface area contributed by atoms with Gasteiger partial charge in [0.25, 0.3) is 0 Å². The summed E-state index contributed by atoms with van der Waals surface area (Å²) < 4.78 is 6.01. The molecule has 2 aromatic heterocycles. The average Bonchev–Trinajstić information content (AvgIpc) is 3.97. The molecule has 2 heterocycles. The molecule has 0 bridgehead atoms. The van der Waals surface area contributed by atoms with Crippen LogP contribution in [0.4, 0.5) is 0 Å². The summed E-state index contributed by atoms with van der Waals surface area (Å²) in [7, 11) is 0. The van der Waals surface area contributed by atoms with Crippen LogP contribution in [0.3, 0.4) is 0 Å². The van der Waals surface area contributed by atoms with Crippen molar-refractivity contribution in [3.05, 3.63) is 210 Å². The van der Waals surface area contributed by atoms with E-state index in [9.17, 15) is 0 Å². The zero-order valence-electron chi connectivity index (χ0n) is 30.1. The number of hydrogen-bond donors (Lipinski definition) is 0. The number of para-hydroxylation sites is 1. The van der Waals surface area contributed by atoms with Gasteiger partial charge >= 0.3 is 0 Å². The van der Waals surface area contributed by atoms with Crippen molar-refractivity contribution < 1.29 is 4.42 Å². The summed E-state index contributed by atoms with van der Waals surface area (Å²) in [6, 6.07) is 67.4. The second-order valence-corrected chi connectivity index (χ2v) is 14.7. The van der Waals surface area contributed by atoms with Crippen molar-refractivity contribution in [2.24, 2.45) is 0 Å². The molecule has 0 fully saturated rings. The van der Waals surface area contributed by atoms with Crippen molar-refractivity contribution in [2.45, 2.75) is 5.41 Å². The monoisotopic (exact) mass is 713 g/mol. The Hall–Kier alpha value is -7.43. The van der Waals surface area contributed by atoms with Gasteiger partial charge in [0.15, 0.2) is 0 Å². The van der Waals surface area contributed by atoms with Crippen LogP contribution in [0, 0.1) is 0 Å². The van der Waals surface area contributed by atoms with E-state index in [0.29, 0.717) is 11.8 Å². The molecule has 2 aliphatic carbocycles. The number of benzene rings is 8. The van der Waals surface area contributed by atoms with Crippen molar-refractivity contribution in [2.75, 3.05) is 0 Å². The Morgan fingerprint density at radius 1 is 0.339 bits per heavy atom. The van der Waals surface area contributed by atoms with E-state index in [1.54, 1.807) is 0 Å². The Balaban J connectivity index is 0.988. The Morgan fingerprint density at radius 2 is 0.821 bits per heavy atom. The van der Waals surface area contributed by atoms with Crippen molar-refractivity contribution in [1.82, 2.24) is 15.2 Å². The highest BCUT2D eigenvalue weighted by atomic mass is 16.4. The van der Waals surface area contributed by atoms with E-state index in [2.05, 4.69) is 156 Å². The van der Waals surface area contributed by atoms with Crippen LogP contribution in [-0.4, -0.2) is 15.2 Å². The van der Waals surface area contributed by atoms with Crippen LogP contribution >= 0.6 is 0 Å². The lowest BCUT2D eigenvalue weighted by Gasteiger charge is -2.30. The second-order valence-electron chi connectivity index (χ2n) is 14.7. The van der Waals surface area contributed by atoms with Crippen LogP contribution in [0.2, 0.25) is 0 Å². The molecule has 8 aromatic carbocycles. The largest absolute Gasteiger partial charge is 0.416 e. The van der Waals surface area contributed by atoms with E-state index in [-0.39, 0.29) is 0 Å². The molecule has 4 heteroatoms. The van der Waals surface area contributed by atoms with Crippen molar-refractivity contribution in [1.29, 1.82) is 0 Å². The summed E-state index contributed by atoms with van der Waals surface area (Å²) in [5.41, 5.74) is 17.2. The lowest BCUT2D eigenvalue weighted by atomic mass is 9.70. The van der Waals surface area contributed by atoms with Gasteiger partial charge < -0.3 is 4.42 Å². The molecule has 10 aromatic rings. The normalized spacial score (nSPS) is 13.1.